The van der Waals surface area contributed by atoms with Crippen molar-refractivity contribution in [3.8, 4) is 11.6 Å². The van der Waals surface area contributed by atoms with Crippen LogP contribution in [-0.2, 0) is 0 Å². The van der Waals surface area contributed by atoms with Crippen molar-refractivity contribution in [3.05, 3.63) is 35.3 Å². The number of imidazole rings is 1. The lowest BCUT2D eigenvalue weighted by atomic mass is 10.4. The summed E-state index contributed by atoms with van der Waals surface area (Å²) in [5.74, 6) is 1.42. The second-order valence-corrected chi connectivity index (χ2v) is 3.86. The molecule has 0 saturated heterocycles. The maximum Gasteiger partial charge on any atom is 0.174 e. The molecule has 0 aliphatic carbocycles. The number of nitrogens with zero attached hydrogens (tertiary/aromatic N) is 2. The summed E-state index contributed by atoms with van der Waals surface area (Å²) >= 11 is 3.25. The first-order chi connectivity index (χ1) is 7.33. The average Bonchev–Trinajstić information content (AvgIpc) is 2.82. The molecule has 0 fully saturated rings. The van der Waals surface area contributed by atoms with Crippen molar-refractivity contribution in [2.75, 3.05) is 0 Å². The molecule has 0 aliphatic heterocycles. The Bertz CT molecular complexity index is 581. The minimum atomic E-state index is 0.691. The smallest absolute Gasteiger partial charge is 0.174 e. The number of pyridine rings is 1. The third kappa shape index (κ3) is 1.45. The van der Waals surface area contributed by atoms with E-state index in [4.69, 9.17) is 4.42 Å². The largest absolute Gasteiger partial charge is 0.446 e. The van der Waals surface area contributed by atoms with Gasteiger partial charge in [-0.05, 0) is 34.1 Å². The molecule has 0 aromatic carbocycles. The highest BCUT2D eigenvalue weighted by Crippen LogP contribution is 2.24. The molecule has 74 valence electrons. The summed E-state index contributed by atoms with van der Waals surface area (Å²) in [6.07, 6.45) is 3.45. The molecule has 3 aromatic heterocycles. The summed E-state index contributed by atoms with van der Waals surface area (Å²) in [6.45, 7) is 0. The monoisotopic (exact) mass is 263 g/mol. The van der Waals surface area contributed by atoms with Crippen LogP contribution >= 0.6 is 15.9 Å². The van der Waals surface area contributed by atoms with Crippen molar-refractivity contribution >= 4 is 27.0 Å². The minimum Gasteiger partial charge on any atom is -0.446 e. The zero-order chi connectivity index (χ0) is 10.3. The van der Waals surface area contributed by atoms with Crippen molar-refractivity contribution in [1.82, 2.24) is 15.0 Å². The number of hydrogen-bond acceptors (Lipinski definition) is 3. The Morgan fingerprint density at radius 1 is 1.27 bits per heavy atom. The van der Waals surface area contributed by atoms with Gasteiger partial charge in [-0.2, -0.15) is 0 Å². The molecule has 4 nitrogen and oxygen atoms in total. The van der Waals surface area contributed by atoms with Gasteiger partial charge in [-0.1, -0.05) is 0 Å². The molecule has 0 amide bonds. The lowest BCUT2D eigenvalue weighted by Gasteiger charge is -1.86. The van der Waals surface area contributed by atoms with Gasteiger partial charge in [0, 0.05) is 6.20 Å². The summed E-state index contributed by atoms with van der Waals surface area (Å²) in [5, 5.41) is 0. The number of rotatable bonds is 1. The van der Waals surface area contributed by atoms with Crippen LogP contribution < -0.4 is 0 Å². The zero-order valence-electron chi connectivity index (χ0n) is 7.57. The van der Waals surface area contributed by atoms with Crippen LogP contribution in [0.2, 0.25) is 0 Å². The second kappa shape index (κ2) is 3.20. The van der Waals surface area contributed by atoms with Crippen molar-refractivity contribution in [2.24, 2.45) is 0 Å². The summed E-state index contributed by atoms with van der Waals surface area (Å²) in [5.41, 5.74) is 1.78. The van der Waals surface area contributed by atoms with Crippen molar-refractivity contribution in [3.63, 3.8) is 0 Å². The molecular formula is C10H6BrN3O. The zero-order valence-corrected chi connectivity index (χ0v) is 9.15. The van der Waals surface area contributed by atoms with Crippen LogP contribution in [0.15, 0.2) is 39.7 Å². The van der Waals surface area contributed by atoms with Gasteiger partial charge in [0.05, 0.1) is 17.2 Å². The maximum atomic E-state index is 5.40. The lowest BCUT2D eigenvalue weighted by molar-refractivity contribution is 0.552. The van der Waals surface area contributed by atoms with Gasteiger partial charge in [-0.3, -0.25) is 4.98 Å². The molecule has 1 N–H and O–H groups in total. The summed E-state index contributed by atoms with van der Waals surface area (Å²) in [6, 6.07) is 5.54. The fourth-order valence-electron chi connectivity index (χ4n) is 1.42. The number of aromatic nitrogens is 3. The Labute approximate surface area is 93.5 Å². The van der Waals surface area contributed by atoms with Gasteiger partial charge in [0.2, 0.25) is 0 Å². The van der Waals surface area contributed by atoms with E-state index in [0.717, 1.165) is 11.0 Å². The van der Waals surface area contributed by atoms with E-state index < -0.39 is 0 Å². The first kappa shape index (κ1) is 8.67. The quantitative estimate of drug-likeness (QED) is 0.735. The van der Waals surface area contributed by atoms with Crippen LogP contribution in [0.25, 0.3) is 22.6 Å². The van der Waals surface area contributed by atoms with E-state index in [1.165, 1.54) is 0 Å². The molecule has 0 unspecified atom stereocenters. The number of H-pyrrole nitrogens is 1. The van der Waals surface area contributed by atoms with E-state index in [1.54, 1.807) is 12.4 Å². The third-order valence-corrected chi connectivity index (χ3v) is 2.52. The van der Waals surface area contributed by atoms with Crippen LogP contribution in [0.1, 0.15) is 0 Å². The lowest BCUT2D eigenvalue weighted by Crippen LogP contribution is -1.74. The van der Waals surface area contributed by atoms with Crippen molar-refractivity contribution in [2.45, 2.75) is 0 Å². The van der Waals surface area contributed by atoms with Gasteiger partial charge >= 0.3 is 0 Å². The van der Waals surface area contributed by atoms with Gasteiger partial charge in [-0.15, -0.1) is 0 Å². The van der Waals surface area contributed by atoms with Crippen LogP contribution in [0, 0.1) is 0 Å². The predicted molar refractivity (Wildman–Crippen MR) is 59.3 cm³/mol. The molecule has 3 rings (SSSR count). The highest BCUT2D eigenvalue weighted by Gasteiger charge is 2.08. The maximum absolute atomic E-state index is 5.40. The number of nitrogens with one attached hydrogen (secondary N) is 1. The molecule has 15 heavy (non-hydrogen) atoms. The average molecular weight is 264 g/mol. The fourth-order valence-corrected chi connectivity index (χ4v) is 1.72. The number of aromatic amines is 1. The Kier molecular flexibility index (Phi) is 1.85. The molecular weight excluding hydrogens is 258 g/mol. The molecule has 0 atom stereocenters. The summed E-state index contributed by atoms with van der Waals surface area (Å²) in [7, 11) is 0. The van der Waals surface area contributed by atoms with E-state index >= 15 is 0 Å². The van der Waals surface area contributed by atoms with E-state index in [-0.39, 0.29) is 0 Å². The Hall–Kier alpha value is -1.62. The standard InChI is InChI=1S/C10H6BrN3O/c11-9-2-1-8(15-9)10-13-6-3-4-12-5-7(6)14-10/h1-5H,(H,13,14). The number of fused-ring (bicyclic) bond motifs is 1. The number of hydrogen-bond donors (Lipinski definition) is 1. The highest BCUT2D eigenvalue weighted by atomic mass is 79.9. The van der Waals surface area contributed by atoms with Gasteiger partial charge in [-0.25, -0.2) is 4.98 Å². The fraction of sp³-hybridized carbons (Fsp3) is 0. The number of furan rings is 1. The molecule has 0 saturated carbocycles. The normalized spacial score (nSPS) is 11.0. The van der Waals surface area contributed by atoms with E-state index in [1.807, 2.05) is 18.2 Å². The molecule has 0 radical (unpaired) electrons. The first-order valence-corrected chi connectivity index (χ1v) is 5.18. The molecule has 3 aromatic rings. The molecule has 5 heteroatoms. The minimum absolute atomic E-state index is 0.691. The Morgan fingerprint density at radius 3 is 2.93 bits per heavy atom. The van der Waals surface area contributed by atoms with E-state index in [9.17, 15) is 0 Å². The van der Waals surface area contributed by atoms with Crippen LogP contribution in [0.4, 0.5) is 0 Å². The van der Waals surface area contributed by atoms with Gasteiger partial charge in [0.15, 0.2) is 16.3 Å². The summed E-state index contributed by atoms with van der Waals surface area (Å²) < 4.78 is 6.09. The molecule has 3 heterocycles. The SMILES string of the molecule is Brc1ccc(-c2nc3ccncc3[nH]2)o1. The Morgan fingerprint density at radius 2 is 2.20 bits per heavy atom. The van der Waals surface area contributed by atoms with Crippen LogP contribution in [0.3, 0.4) is 0 Å². The van der Waals surface area contributed by atoms with E-state index in [0.29, 0.717) is 16.3 Å². The van der Waals surface area contributed by atoms with Gasteiger partial charge in [0.25, 0.3) is 0 Å². The third-order valence-electron chi connectivity index (χ3n) is 2.09. The first-order valence-electron chi connectivity index (χ1n) is 4.38. The topological polar surface area (TPSA) is 54.7 Å². The van der Waals surface area contributed by atoms with Crippen LogP contribution in [0.5, 0.6) is 0 Å². The van der Waals surface area contributed by atoms with Crippen LogP contribution in [-0.4, -0.2) is 15.0 Å². The van der Waals surface area contributed by atoms with Crippen molar-refractivity contribution < 1.29 is 4.42 Å². The van der Waals surface area contributed by atoms with E-state index in [2.05, 4.69) is 30.9 Å². The second-order valence-electron chi connectivity index (χ2n) is 3.08. The van der Waals surface area contributed by atoms with Gasteiger partial charge in [0.1, 0.15) is 0 Å². The Balaban J connectivity index is 2.19. The highest BCUT2D eigenvalue weighted by molar-refractivity contribution is 9.10. The van der Waals surface area contributed by atoms with Crippen molar-refractivity contribution in [1.29, 1.82) is 0 Å². The number of halogens is 1. The molecule has 0 bridgehead atoms. The van der Waals surface area contributed by atoms with Gasteiger partial charge < -0.3 is 9.40 Å². The predicted octanol–water partition coefficient (Wildman–Crippen LogP) is 2.98. The molecule has 0 aliphatic rings. The molecule has 0 spiro atoms. The summed E-state index contributed by atoms with van der Waals surface area (Å²) in [4.78, 5) is 11.5.